The molecule has 88 valence electrons. The lowest BCUT2D eigenvalue weighted by molar-refractivity contribution is 0.627. The molecule has 0 spiro atoms. The number of hydrogen-bond donors (Lipinski definition) is 1. The summed E-state index contributed by atoms with van der Waals surface area (Å²) in [5.41, 5.74) is 2.29. The first-order valence-electron chi connectivity index (χ1n) is 5.32. The molecule has 1 aromatic heterocycles. The largest absolute Gasteiger partial charge is 0.311 e. The van der Waals surface area contributed by atoms with Crippen LogP contribution in [0.4, 0.5) is 4.39 Å². The van der Waals surface area contributed by atoms with Gasteiger partial charge in [-0.05, 0) is 44.5 Å². The second-order valence-electron chi connectivity index (χ2n) is 4.14. The van der Waals surface area contributed by atoms with Gasteiger partial charge in [-0.3, -0.25) is 4.79 Å². The topological polar surface area (TPSA) is 45.8 Å². The van der Waals surface area contributed by atoms with Gasteiger partial charge in [0.25, 0.3) is 5.56 Å². The van der Waals surface area contributed by atoms with E-state index < -0.39 is 0 Å². The molecule has 2 aromatic rings. The summed E-state index contributed by atoms with van der Waals surface area (Å²) in [5.74, 6) is 0.205. The normalized spacial score (nSPS) is 10.6. The van der Waals surface area contributed by atoms with E-state index in [0.717, 1.165) is 5.56 Å². The minimum Gasteiger partial charge on any atom is -0.311 e. The average molecular weight is 232 g/mol. The van der Waals surface area contributed by atoms with Crippen LogP contribution in [0.1, 0.15) is 17.0 Å². The van der Waals surface area contributed by atoms with E-state index in [1.54, 1.807) is 13.8 Å². The van der Waals surface area contributed by atoms with Crippen LogP contribution in [0.2, 0.25) is 0 Å². The Labute approximate surface area is 98.3 Å². The third-order valence-electron chi connectivity index (χ3n) is 2.59. The lowest BCUT2D eigenvalue weighted by atomic mass is 10.1. The summed E-state index contributed by atoms with van der Waals surface area (Å²) < 4.78 is 13.3. The summed E-state index contributed by atoms with van der Waals surface area (Å²) >= 11 is 0. The Balaban J connectivity index is 2.72. The molecule has 0 unspecified atom stereocenters. The van der Waals surface area contributed by atoms with Crippen molar-refractivity contribution in [3.05, 3.63) is 51.3 Å². The molecule has 0 saturated carbocycles. The minimum atomic E-state index is -0.320. The van der Waals surface area contributed by atoms with Crippen LogP contribution in [0, 0.1) is 26.6 Å². The smallest absolute Gasteiger partial charge is 0.254 e. The van der Waals surface area contributed by atoms with Crippen molar-refractivity contribution in [1.82, 2.24) is 9.97 Å². The van der Waals surface area contributed by atoms with E-state index in [2.05, 4.69) is 9.97 Å². The van der Waals surface area contributed by atoms with Gasteiger partial charge in [0.05, 0.1) is 5.69 Å². The van der Waals surface area contributed by atoms with E-state index in [-0.39, 0.29) is 11.4 Å². The Morgan fingerprint density at radius 3 is 2.53 bits per heavy atom. The second kappa shape index (κ2) is 4.13. The molecule has 0 bridgehead atoms. The Morgan fingerprint density at radius 2 is 1.88 bits per heavy atom. The summed E-state index contributed by atoms with van der Waals surface area (Å²) in [4.78, 5) is 18.5. The van der Waals surface area contributed by atoms with Gasteiger partial charge < -0.3 is 4.98 Å². The van der Waals surface area contributed by atoms with Gasteiger partial charge in [0, 0.05) is 11.1 Å². The highest BCUT2D eigenvalue weighted by molar-refractivity contribution is 5.63. The standard InChI is InChI=1S/C13H13FN2O/c1-7-4-10(6-11(14)5-7)12-8(2)13(17)16-9(3)15-12/h4-6H,1-3H3,(H,15,16,17). The number of halogens is 1. The lowest BCUT2D eigenvalue weighted by Gasteiger charge is -2.06. The van der Waals surface area contributed by atoms with Gasteiger partial charge in [-0.15, -0.1) is 0 Å². The van der Waals surface area contributed by atoms with Crippen molar-refractivity contribution >= 4 is 0 Å². The van der Waals surface area contributed by atoms with E-state index in [1.165, 1.54) is 12.1 Å². The van der Waals surface area contributed by atoms with Gasteiger partial charge in [0.15, 0.2) is 0 Å². The molecule has 0 fully saturated rings. The number of nitrogens with zero attached hydrogens (tertiary/aromatic N) is 1. The fraction of sp³-hybridized carbons (Fsp3) is 0.231. The zero-order valence-electron chi connectivity index (χ0n) is 9.97. The van der Waals surface area contributed by atoms with E-state index in [4.69, 9.17) is 0 Å². The number of benzene rings is 1. The van der Waals surface area contributed by atoms with Crippen LogP contribution in [0.15, 0.2) is 23.0 Å². The van der Waals surface area contributed by atoms with Crippen LogP contribution >= 0.6 is 0 Å². The average Bonchev–Trinajstić information content (AvgIpc) is 2.22. The molecule has 4 heteroatoms. The van der Waals surface area contributed by atoms with Crippen molar-refractivity contribution in [2.45, 2.75) is 20.8 Å². The summed E-state index contributed by atoms with van der Waals surface area (Å²) in [6.45, 7) is 5.19. The first kappa shape index (κ1) is 11.5. The highest BCUT2D eigenvalue weighted by Gasteiger charge is 2.09. The van der Waals surface area contributed by atoms with E-state index in [1.807, 2.05) is 13.0 Å². The van der Waals surface area contributed by atoms with Gasteiger partial charge >= 0.3 is 0 Å². The van der Waals surface area contributed by atoms with E-state index in [9.17, 15) is 9.18 Å². The molecule has 3 nitrogen and oxygen atoms in total. The molecule has 17 heavy (non-hydrogen) atoms. The number of rotatable bonds is 1. The molecule has 0 aliphatic carbocycles. The summed E-state index contributed by atoms with van der Waals surface area (Å²) in [5, 5.41) is 0. The van der Waals surface area contributed by atoms with E-state index in [0.29, 0.717) is 22.6 Å². The summed E-state index contributed by atoms with van der Waals surface area (Å²) in [6.07, 6.45) is 0. The molecule has 0 amide bonds. The third kappa shape index (κ3) is 2.25. The minimum absolute atomic E-state index is 0.186. The quantitative estimate of drug-likeness (QED) is 0.821. The third-order valence-corrected chi connectivity index (χ3v) is 2.59. The first-order valence-corrected chi connectivity index (χ1v) is 5.32. The van der Waals surface area contributed by atoms with Gasteiger partial charge in [0.1, 0.15) is 11.6 Å². The van der Waals surface area contributed by atoms with Crippen LogP contribution in [-0.2, 0) is 0 Å². The Morgan fingerprint density at radius 1 is 1.18 bits per heavy atom. The number of aryl methyl sites for hydroxylation is 2. The van der Waals surface area contributed by atoms with Gasteiger partial charge in [0.2, 0.25) is 0 Å². The second-order valence-corrected chi connectivity index (χ2v) is 4.14. The number of aromatic amines is 1. The molecule has 0 aliphatic heterocycles. The molecule has 2 rings (SSSR count). The first-order chi connectivity index (χ1) is 7.97. The molecule has 0 atom stereocenters. The van der Waals surface area contributed by atoms with Crippen molar-refractivity contribution in [3.63, 3.8) is 0 Å². The van der Waals surface area contributed by atoms with Crippen molar-refractivity contribution in [2.24, 2.45) is 0 Å². The molecule has 0 saturated heterocycles. The fourth-order valence-corrected chi connectivity index (χ4v) is 1.80. The van der Waals surface area contributed by atoms with Crippen molar-refractivity contribution in [2.75, 3.05) is 0 Å². The maximum atomic E-state index is 13.3. The Bertz CT molecular complexity index is 612. The van der Waals surface area contributed by atoms with Gasteiger partial charge in [-0.2, -0.15) is 0 Å². The van der Waals surface area contributed by atoms with Gasteiger partial charge in [-0.25, -0.2) is 9.37 Å². The number of hydrogen-bond acceptors (Lipinski definition) is 2. The van der Waals surface area contributed by atoms with Gasteiger partial charge in [-0.1, -0.05) is 0 Å². The predicted octanol–water partition coefficient (Wildman–Crippen LogP) is 2.50. The molecule has 0 radical (unpaired) electrons. The lowest BCUT2D eigenvalue weighted by Crippen LogP contribution is -2.14. The molecule has 1 N–H and O–H groups in total. The monoisotopic (exact) mass is 232 g/mol. The zero-order chi connectivity index (χ0) is 12.6. The number of aromatic nitrogens is 2. The van der Waals surface area contributed by atoms with Crippen LogP contribution in [0.3, 0.4) is 0 Å². The molecule has 1 aromatic carbocycles. The van der Waals surface area contributed by atoms with E-state index >= 15 is 0 Å². The Hall–Kier alpha value is -1.97. The van der Waals surface area contributed by atoms with Crippen LogP contribution in [0.25, 0.3) is 11.3 Å². The maximum Gasteiger partial charge on any atom is 0.254 e. The van der Waals surface area contributed by atoms with Crippen molar-refractivity contribution in [1.29, 1.82) is 0 Å². The highest BCUT2D eigenvalue weighted by atomic mass is 19.1. The predicted molar refractivity (Wildman–Crippen MR) is 64.5 cm³/mol. The summed E-state index contributed by atoms with van der Waals surface area (Å²) in [7, 11) is 0. The van der Waals surface area contributed by atoms with Crippen molar-refractivity contribution in [3.8, 4) is 11.3 Å². The van der Waals surface area contributed by atoms with Crippen LogP contribution in [-0.4, -0.2) is 9.97 Å². The fourth-order valence-electron chi connectivity index (χ4n) is 1.80. The molecule has 0 aliphatic rings. The number of H-pyrrole nitrogens is 1. The van der Waals surface area contributed by atoms with Crippen molar-refractivity contribution < 1.29 is 4.39 Å². The zero-order valence-corrected chi connectivity index (χ0v) is 9.97. The number of nitrogens with one attached hydrogen (secondary N) is 1. The molecule has 1 heterocycles. The molecular formula is C13H13FN2O. The van der Waals surface area contributed by atoms with Crippen LogP contribution < -0.4 is 5.56 Å². The summed E-state index contributed by atoms with van der Waals surface area (Å²) in [6, 6.07) is 4.65. The Kier molecular flexibility index (Phi) is 2.79. The molecular weight excluding hydrogens is 219 g/mol. The SMILES string of the molecule is Cc1cc(F)cc(-c2nc(C)[nH]c(=O)c2C)c1. The maximum absolute atomic E-state index is 13.3. The van der Waals surface area contributed by atoms with Crippen LogP contribution in [0.5, 0.6) is 0 Å². The highest BCUT2D eigenvalue weighted by Crippen LogP contribution is 2.21.